The van der Waals surface area contributed by atoms with E-state index in [9.17, 15) is 0 Å². The zero-order valence-corrected chi connectivity index (χ0v) is 104. The number of fused-ring (bicyclic) bond motifs is 16. The van der Waals surface area contributed by atoms with Gasteiger partial charge in [-0.3, -0.25) is 0 Å². The van der Waals surface area contributed by atoms with Gasteiger partial charge >= 0.3 is 114 Å². The van der Waals surface area contributed by atoms with Crippen molar-refractivity contribution in [1.29, 1.82) is 0 Å². The van der Waals surface area contributed by atoms with Gasteiger partial charge in [0.1, 0.15) is 0 Å². The average molecular weight is 2250 g/mol. The van der Waals surface area contributed by atoms with Gasteiger partial charge in [-0.15, -0.1) is 0 Å². The fourth-order valence-electron chi connectivity index (χ4n) is 39.5. The summed E-state index contributed by atoms with van der Waals surface area (Å²) in [6.45, 7) is 49.1. The van der Waals surface area contributed by atoms with E-state index in [0.717, 1.165) is 242 Å². The maximum absolute atomic E-state index is 4.93. The molecule has 4 aromatic carbocycles. The third-order valence-electron chi connectivity index (χ3n) is 43.1. The number of thioether (sulfide) groups is 3. The molecule has 3 saturated heterocycles. The van der Waals surface area contributed by atoms with Crippen molar-refractivity contribution >= 4 is 121 Å². The molecule has 0 spiro atoms. The van der Waals surface area contributed by atoms with E-state index in [-0.39, 0.29) is 50.0 Å². The fourth-order valence-corrected chi connectivity index (χ4v) is 69.0. The van der Waals surface area contributed by atoms with Crippen LogP contribution in [0.15, 0.2) is 97.1 Å². The molecule has 4 aromatic rings. The first-order valence-electron chi connectivity index (χ1n) is 52.4. The standard InChI is InChI=1S/C38H54SSi.C38H60SSi.C34H52SSi.6CH3.6ClH.3Zr/c1-22-20-31-32(21-26-14-11-17-28(26)35(31)29-18-10-13-25-12-6-7-15-27(25)29)37(22)40(4,5)38-24(3)23(2)34-30-16-8-9-19-33(30)39-36(34)38;1-22-20-30-31(21-26-12-11-14-28(26)34(30)25-16-18-27(19-17-25)38(4,5)6)36(22)40(7,8)37-24(3)23(2)33-29-13-9-10-15-32(29)39-35(33)37;1-20-18-27-28(19-24-14-11-16-25(24)31(27)23-12-7-6-8-13-23)33(20)36(4,5)34-22(3)21(2)30-26-15-9-10-17-29(26)35-32(30)34;;;;;;;;;;;;;;;/h6-7,10,12-13,15,18,22-24,26,28,30-38H,8-9,11,14,16-17,19-21H2,1-5H3;16-19,22-24,26,28-37H,9-15,20-21H2,1-8H3;6-8,12-13,20-22,24-34H,9-11,14-19H2,1-5H3;6*1H3;6*1H;;;/q;;;6*-1;;;;;;;3*+4/p-6. The average Bonchev–Trinajstić information content (AvgIpc) is 1.55. The van der Waals surface area contributed by atoms with Crippen molar-refractivity contribution in [2.75, 3.05) is 0 Å². The molecule has 0 aromatic heterocycles. The maximum atomic E-state index is 4.93. The molecule has 42 atom stereocenters. The van der Waals surface area contributed by atoms with Crippen molar-refractivity contribution in [1.82, 2.24) is 0 Å². The summed E-state index contributed by atoms with van der Waals surface area (Å²) in [4.78, 5) is 0. The van der Waals surface area contributed by atoms with Gasteiger partial charge in [-0.25, -0.2) is 0 Å². The van der Waals surface area contributed by atoms with E-state index in [1.807, 2.05) is 0 Å². The van der Waals surface area contributed by atoms with Gasteiger partial charge in [0.2, 0.25) is 0 Å². The molecule has 15 saturated carbocycles. The van der Waals surface area contributed by atoms with Crippen LogP contribution in [0.2, 0.25) is 72.5 Å². The number of benzene rings is 4. The van der Waals surface area contributed by atoms with E-state index in [1.165, 1.54) is 146 Å². The van der Waals surface area contributed by atoms with E-state index in [1.54, 1.807) is 60.6 Å². The van der Waals surface area contributed by atoms with Crippen molar-refractivity contribution in [2.45, 2.75) is 384 Å². The van der Waals surface area contributed by atoms with E-state index in [4.69, 9.17) is 51.1 Å². The van der Waals surface area contributed by atoms with E-state index in [0.29, 0.717) is 0 Å². The number of hydrogen-bond donors (Lipinski definition) is 0. The van der Waals surface area contributed by atoms with Crippen LogP contribution in [0, 0.1) is 204 Å². The Bertz CT molecular complexity index is 4180. The molecular formula is C116H184Cl6S3Si3Zr3. The Morgan fingerprint density at radius 1 is 0.290 bits per heavy atom. The molecule has 0 amide bonds. The quantitative estimate of drug-likeness (QED) is 0.121. The van der Waals surface area contributed by atoms with Crippen molar-refractivity contribution < 1.29 is 62.5 Å². The molecule has 18 fully saturated rings. The first kappa shape index (κ1) is 115. The summed E-state index contributed by atoms with van der Waals surface area (Å²) >= 11 is 5.16. The van der Waals surface area contributed by atoms with Crippen LogP contribution in [0.25, 0.3) is 10.8 Å². The molecule has 22 rings (SSSR count). The normalized spacial score (nSPS) is 44.0. The minimum absolute atomic E-state index is 0. The SMILES string of the molecule is CC1CC2C(CC3CCCC3C2c2ccc(C(C)(C)C)cc2)C1[Si](C)(C)C1C(C)C(C)C2C3CCCCC3SC21.CC1CC2C(CC3CCCC3C2c2cccc3ccccc23)C1[Si](C)(C)C1C(C)C(C)C2C3CCCCC3SC21.CC1CC2C(CC3CCCC3C2c2ccccc2)C1[Si](C)(C)C1C(C)C(C)C2C3CCCCC3SC21.[CH3-].[CH3-].[CH3-].[CH3-].[CH3-].[CH3-].[Cl][Zr+2][Cl].[Cl][Zr+2][Cl].[Cl][Zr+2][Cl]. The second kappa shape index (κ2) is 48.0. The number of rotatable bonds is 9. The summed E-state index contributed by atoms with van der Waals surface area (Å²) in [5.41, 5.74) is 13.1. The predicted molar refractivity (Wildman–Crippen MR) is 588 cm³/mol. The summed E-state index contributed by atoms with van der Waals surface area (Å²) in [6, 6.07) is 38.7. The van der Waals surface area contributed by atoms with E-state index < -0.39 is 86.8 Å². The van der Waals surface area contributed by atoms with Crippen LogP contribution >= 0.6 is 86.4 Å². The van der Waals surface area contributed by atoms with Crippen molar-refractivity contribution in [3.05, 3.63) is 164 Å². The Kier molecular flexibility index (Phi) is 42.0. The summed E-state index contributed by atoms with van der Waals surface area (Å²) in [5.74, 6) is 29.0. The van der Waals surface area contributed by atoms with Gasteiger partial charge < -0.3 is 44.6 Å². The third kappa shape index (κ3) is 21.4. The van der Waals surface area contributed by atoms with Crippen LogP contribution in [-0.4, -0.2) is 55.7 Å². The van der Waals surface area contributed by atoms with Gasteiger partial charge in [0, 0.05) is 31.5 Å². The van der Waals surface area contributed by atoms with Crippen LogP contribution in [-0.2, 0) is 68.0 Å². The fraction of sp³-hybridized carbons (Fsp3) is 0.759. The Hall–Kier alpha value is 3.23. The molecule has 3 heterocycles. The number of halogens is 6. The molecule has 15 aliphatic carbocycles. The molecular weight excluding hydrogens is 2060 g/mol. The first-order valence-corrected chi connectivity index (χ1v) is 83.7. The van der Waals surface area contributed by atoms with Crippen molar-refractivity contribution in [3.8, 4) is 0 Å². The Morgan fingerprint density at radius 2 is 0.588 bits per heavy atom. The van der Waals surface area contributed by atoms with Gasteiger partial charge in [0.05, 0.1) is 24.2 Å². The molecule has 0 bridgehead atoms. The van der Waals surface area contributed by atoms with Crippen LogP contribution < -0.4 is 0 Å². The minimum atomic E-state index is -1.51. The van der Waals surface area contributed by atoms with Crippen LogP contribution in [0.1, 0.15) is 296 Å². The van der Waals surface area contributed by atoms with Gasteiger partial charge in [-0.2, -0.15) is 35.3 Å². The molecule has 0 N–H and O–H groups in total. The van der Waals surface area contributed by atoms with Crippen molar-refractivity contribution in [2.24, 2.45) is 160 Å². The zero-order valence-electron chi connectivity index (χ0n) is 86.6. The number of hydrogen-bond acceptors (Lipinski definition) is 3. The topological polar surface area (TPSA) is 0 Å². The first-order chi connectivity index (χ1) is 60.0. The molecule has 0 nitrogen and oxygen atoms in total. The third-order valence-corrected chi connectivity index (χ3v) is 65.3. The Labute approximate surface area is 880 Å². The monoisotopic (exact) mass is 2240 g/mol. The summed E-state index contributed by atoms with van der Waals surface area (Å²) in [6.07, 6.45) is 41.1. The van der Waals surface area contributed by atoms with Gasteiger partial charge in [-0.05, 0) is 346 Å². The second-order valence-corrected chi connectivity index (χ2v) is 80.2. The van der Waals surface area contributed by atoms with E-state index >= 15 is 0 Å². The van der Waals surface area contributed by atoms with Crippen LogP contribution in [0.3, 0.4) is 0 Å². The summed E-state index contributed by atoms with van der Waals surface area (Å²) < 4.78 is 0. The van der Waals surface area contributed by atoms with Gasteiger partial charge in [0.15, 0.2) is 0 Å². The van der Waals surface area contributed by atoms with Crippen LogP contribution in [0.5, 0.6) is 0 Å². The summed E-state index contributed by atoms with van der Waals surface area (Å²) in [7, 11) is 25.1. The van der Waals surface area contributed by atoms with Crippen LogP contribution in [0.4, 0.5) is 0 Å². The molecule has 42 unspecified atom stereocenters. The molecule has 0 radical (unpaired) electrons. The van der Waals surface area contributed by atoms with E-state index in [2.05, 4.69) is 255 Å². The molecule has 732 valence electrons. The Balaban J connectivity index is 0.000000178. The predicted octanol–water partition coefficient (Wildman–Crippen LogP) is 38.9. The summed E-state index contributed by atoms with van der Waals surface area (Å²) in [5, 5.41) is 9.05. The van der Waals surface area contributed by atoms with Gasteiger partial charge in [-0.1, -0.05) is 296 Å². The molecule has 3 aliphatic heterocycles. The zero-order chi connectivity index (χ0) is 88.4. The molecule has 15 heteroatoms. The molecule has 131 heavy (non-hydrogen) atoms. The molecule has 18 aliphatic rings. The Morgan fingerprint density at radius 3 is 0.939 bits per heavy atom. The van der Waals surface area contributed by atoms with Gasteiger partial charge in [0.25, 0.3) is 0 Å². The second-order valence-electron chi connectivity index (χ2n) is 49.8. The van der Waals surface area contributed by atoms with Crippen molar-refractivity contribution in [3.63, 3.8) is 0 Å².